The fraction of sp³-hybridized carbons (Fsp3) is 0.100. The van der Waals surface area contributed by atoms with Gasteiger partial charge < -0.3 is 10.1 Å². The molecule has 0 radical (unpaired) electrons. The van der Waals surface area contributed by atoms with Crippen molar-refractivity contribution in [2.24, 2.45) is 0 Å². The summed E-state index contributed by atoms with van der Waals surface area (Å²) in [5.41, 5.74) is 3.08. The minimum Gasteiger partial charge on any atom is -0.483 e. The zero-order valence-corrected chi connectivity index (χ0v) is 16.1. The van der Waals surface area contributed by atoms with E-state index in [2.05, 4.69) is 26.2 Å². The standard InChI is InChI=1S/C20H16BrClN2O2/c21-18-12-16(22)3-6-19(18)26-13-20(25)24-17-4-1-14(2-5-17)11-15-7-9-23-10-8-15/h1-10,12H,11,13H2,(H,24,25). The summed E-state index contributed by atoms with van der Waals surface area (Å²) >= 11 is 9.24. The SMILES string of the molecule is O=C(COc1ccc(Cl)cc1Br)Nc1ccc(Cc2ccncc2)cc1. The second-order valence-corrected chi connectivity index (χ2v) is 6.93. The highest BCUT2D eigenvalue weighted by Gasteiger charge is 2.07. The van der Waals surface area contributed by atoms with E-state index in [1.165, 1.54) is 5.56 Å². The molecule has 132 valence electrons. The van der Waals surface area contributed by atoms with Gasteiger partial charge in [-0.15, -0.1) is 0 Å². The summed E-state index contributed by atoms with van der Waals surface area (Å²) in [5.74, 6) is 0.339. The minimum absolute atomic E-state index is 0.0843. The number of ether oxygens (including phenoxy) is 1. The van der Waals surface area contributed by atoms with Crippen molar-refractivity contribution in [3.05, 3.63) is 87.6 Å². The molecule has 1 heterocycles. The van der Waals surface area contributed by atoms with Crippen LogP contribution >= 0.6 is 27.5 Å². The number of hydrogen-bond donors (Lipinski definition) is 1. The van der Waals surface area contributed by atoms with Crippen LogP contribution < -0.4 is 10.1 Å². The lowest BCUT2D eigenvalue weighted by Gasteiger charge is -2.10. The molecule has 0 bridgehead atoms. The van der Waals surface area contributed by atoms with Gasteiger partial charge in [0, 0.05) is 23.1 Å². The summed E-state index contributed by atoms with van der Waals surface area (Å²) < 4.78 is 6.21. The van der Waals surface area contributed by atoms with Crippen molar-refractivity contribution in [1.82, 2.24) is 4.98 Å². The molecule has 26 heavy (non-hydrogen) atoms. The fourth-order valence-electron chi connectivity index (χ4n) is 2.37. The second-order valence-electron chi connectivity index (χ2n) is 5.64. The second kappa shape index (κ2) is 8.83. The summed E-state index contributed by atoms with van der Waals surface area (Å²) in [6, 6.07) is 16.9. The van der Waals surface area contributed by atoms with Crippen molar-refractivity contribution in [3.63, 3.8) is 0 Å². The predicted molar refractivity (Wildman–Crippen MR) is 107 cm³/mol. The maximum atomic E-state index is 12.1. The number of aromatic nitrogens is 1. The van der Waals surface area contributed by atoms with Gasteiger partial charge in [0.2, 0.25) is 0 Å². The van der Waals surface area contributed by atoms with E-state index in [0.717, 1.165) is 17.7 Å². The van der Waals surface area contributed by atoms with Crippen molar-refractivity contribution in [1.29, 1.82) is 0 Å². The number of carbonyl (C=O) groups is 1. The molecule has 1 N–H and O–H groups in total. The zero-order chi connectivity index (χ0) is 18.4. The van der Waals surface area contributed by atoms with E-state index in [9.17, 15) is 4.79 Å². The molecule has 3 aromatic rings. The van der Waals surface area contributed by atoms with Crippen molar-refractivity contribution < 1.29 is 9.53 Å². The van der Waals surface area contributed by atoms with E-state index in [1.807, 2.05) is 36.4 Å². The minimum atomic E-state index is -0.228. The lowest BCUT2D eigenvalue weighted by Crippen LogP contribution is -2.20. The van der Waals surface area contributed by atoms with Crippen LogP contribution in [0.15, 0.2) is 71.5 Å². The summed E-state index contributed by atoms with van der Waals surface area (Å²) in [4.78, 5) is 16.1. The Morgan fingerprint density at radius 1 is 1.04 bits per heavy atom. The molecule has 0 fully saturated rings. The first-order valence-electron chi connectivity index (χ1n) is 7.96. The lowest BCUT2D eigenvalue weighted by molar-refractivity contribution is -0.118. The van der Waals surface area contributed by atoms with Gasteiger partial charge in [-0.3, -0.25) is 9.78 Å². The van der Waals surface area contributed by atoms with Crippen LogP contribution in [0, 0.1) is 0 Å². The average molecular weight is 432 g/mol. The van der Waals surface area contributed by atoms with E-state index >= 15 is 0 Å². The Hall–Kier alpha value is -2.37. The molecule has 2 aromatic carbocycles. The summed E-state index contributed by atoms with van der Waals surface area (Å²) in [6.07, 6.45) is 4.39. The molecular formula is C20H16BrClN2O2. The maximum absolute atomic E-state index is 12.1. The van der Waals surface area contributed by atoms with Crippen LogP contribution in [0.25, 0.3) is 0 Å². The zero-order valence-electron chi connectivity index (χ0n) is 13.8. The number of nitrogens with one attached hydrogen (secondary N) is 1. The first-order chi connectivity index (χ1) is 12.6. The van der Waals surface area contributed by atoms with Gasteiger partial charge in [0.15, 0.2) is 6.61 Å². The topological polar surface area (TPSA) is 51.2 Å². The average Bonchev–Trinajstić information content (AvgIpc) is 2.63. The summed E-state index contributed by atoms with van der Waals surface area (Å²) in [7, 11) is 0. The number of halogens is 2. The molecule has 0 aliphatic heterocycles. The number of pyridine rings is 1. The van der Waals surface area contributed by atoms with Gasteiger partial charge in [0.1, 0.15) is 5.75 Å². The molecule has 6 heteroatoms. The highest BCUT2D eigenvalue weighted by molar-refractivity contribution is 9.10. The molecule has 3 rings (SSSR count). The van der Waals surface area contributed by atoms with Crippen LogP contribution in [0.5, 0.6) is 5.75 Å². The van der Waals surface area contributed by atoms with Gasteiger partial charge in [-0.2, -0.15) is 0 Å². The predicted octanol–water partition coefficient (Wildman–Crippen LogP) is 5.11. The third-order valence-corrected chi connectivity index (χ3v) is 4.50. The Kier molecular flexibility index (Phi) is 6.26. The Labute approximate surface area is 165 Å². The molecule has 0 atom stereocenters. The number of carbonyl (C=O) groups excluding carboxylic acids is 1. The van der Waals surface area contributed by atoms with Crippen LogP contribution in [-0.4, -0.2) is 17.5 Å². The Bertz CT molecular complexity index is 886. The van der Waals surface area contributed by atoms with E-state index in [-0.39, 0.29) is 12.5 Å². The van der Waals surface area contributed by atoms with Crippen LogP contribution in [0.2, 0.25) is 5.02 Å². The molecular weight excluding hydrogens is 416 g/mol. The lowest BCUT2D eigenvalue weighted by atomic mass is 10.1. The van der Waals surface area contributed by atoms with Gasteiger partial charge >= 0.3 is 0 Å². The van der Waals surface area contributed by atoms with Gasteiger partial charge in [-0.25, -0.2) is 0 Å². The number of benzene rings is 2. The smallest absolute Gasteiger partial charge is 0.262 e. The molecule has 0 saturated heterocycles. The maximum Gasteiger partial charge on any atom is 0.262 e. The highest BCUT2D eigenvalue weighted by Crippen LogP contribution is 2.27. The van der Waals surface area contributed by atoms with Crippen LogP contribution in [0.1, 0.15) is 11.1 Å². The Balaban J connectivity index is 1.52. The molecule has 1 amide bonds. The van der Waals surface area contributed by atoms with E-state index in [1.54, 1.807) is 30.6 Å². The number of hydrogen-bond acceptors (Lipinski definition) is 3. The normalized spacial score (nSPS) is 10.4. The molecule has 0 aliphatic carbocycles. The number of nitrogens with zero attached hydrogens (tertiary/aromatic N) is 1. The first kappa shape index (κ1) is 18.4. The van der Waals surface area contributed by atoms with Gasteiger partial charge in [0.05, 0.1) is 4.47 Å². The molecule has 4 nitrogen and oxygen atoms in total. The quantitative estimate of drug-likeness (QED) is 0.590. The van der Waals surface area contributed by atoms with Crippen molar-refractivity contribution in [2.45, 2.75) is 6.42 Å². The fourth-order valence-corrected chi connectivity index (χ4v) is 3.17. The van der Waals surface area contributed by atoms with Crippen molar-refractivity contribution in [3.8, 4) is 5.75 Å². The van der Waals surface area contributed by atoms with E-state index < -0.39 is 0 Å². The van der Waals surface area contributed by atoms with Gasteiger partial charge in [-0.05, 0) is 75.9 Å². The summed E-state index contributed by atoms with van der Waals surface area (Å²) in [6.45, 7) is -0.0843. The van der Waals surface area contributed by atoms with E-state index in [4.69, 9.17) is 16.3 Å². The third kappa shape index (κ3) is 5.31. The van der Waals surface area contributed by atoms with Crippen LogP contribution in [-0.2, 0) is 11.2 Å². The number of amides is 1. The van der Waals surface area contributed by atoms with Crippen molar-refractivity contribution in [2.75, 3.05) is 11.9 Å². The molecule has 0 aliphatic rings. The van der Waals surface area contributed by atoms with Crippen LogP contribution in [0.3, 0.4) is 0 Å². The van der Waals surface area contributed by atoms with Gasteiger partial charge in [-0.1, -0.05) is 23.7 Å². The van der Waals surface area contributed by atoms with Crippen LogP contribution in [0.4, 0.5) is 5.69 Å². The van der Waals surface area contributed by atoms with Crippen molar-refractivity contribution >= 4 is 39.1 Å². The largest absolute Gasteiger partial charge is 0.483 e. The first-order valence-corrected chi connectivity index (χ1v) is 9.13. The Morgan fingerprint density at radius 3 is 2.42 bits per heavy atom. The molecule has 0 unspecified atom stereocenters. The van der Waals surface area contributed by atoms with E-state index in [0.29, 0.717) is 15.2 Å². The molecule has 0 saturated carbocycles. The van der Waals surface area contributed by atoms with Gasteiger partial charge in [0.25, 0.3) is 5.91 Å². The number of anilines is 1. The summed E-state index contributed by atoms with van der Waals surface area (Å²) in [5, 5.41) is 3.42. The Morgan fingerprint density at radius 2 is 1.73 bits per heavy atom. The third-order valence-electron chi connectivity index (χ3n) is 3.65. The highest BCUT2D eigenvalue weighted by atomic mass is 79.9. The molecule has 0 spiro atoms. The number of rotatable bonds is 6. The molecule has 1 aromatic heterocycles. The monoisotopic (exact) mass is 430 g/mol.